The Morgan fingerprint density at radius 3 is 2.50 bits per heavy atom. The number of amides is 2. The van der Waals surface area contributed by atoms with E-state index in [0.717, 1.165) is 4.47 Å². The minimum Gasteiger partial charge on any atom is -0.548 e. The number of nitrogens with one attached hydrogen (secondary N) is 2. The number of benzene rings is 1. The molecule has 0 fully saturated rings. The van der Waals surface area contributed by atoms with Crippen LogP contribution in [0.2, 0.25) is 0 Å². The molecule has 18 heavy (non-hydrogen) atoms. The highest BCUT2D eigenvalue weighted by molar-refractivity contribution is 9.10. The molecule has 0 spiro atoms. The van der Waals surface area contributed by atoms with E-state index < -0.39 is 18.0 Å². The van der Waals surface area contributed by atoms with Gasteiger partial charge in [-0.15, -0.1) is 0 Å². The van der Waals surface area contributed by atoms with Crippen LogP contribution < -0.4 is 15.7 Å². The van der Waals surface area contributed by atoms with Crippen LogP contribution in [0.15, 0.2) is 28.7 Å². The maximum atomic E-state index is 11.6. The Bertz CT molecular complexity index is 449. The molecule has 1 atom stereocenters. The summed E-state index contributed by atoms with van der Waals surface area (Å²) in [6, 6.07) is 5.41. The highest BCUT2D eigenvalue weighted by Gasteiger charge is 2.17. The molecule has 2 amide bonds. The van der Waals surface area contributed by atoms with E-state index in [9.17, 15) is 14.7 Å². The summed E-state index contributed by atoms with van der Waals surface area (Å²) in [5.74, 6) is -1.54. The van der Waals surface area contributed by atoms with Crippen molar-refractivity contribution in [3.63, 3.8) is 0 Å². The molecule has 0 aromatic heterocycles. The summed E-state index contributed by atoms with van der Waals surface area (Å²) < 4.78 is 0.820. The van der Waals surface area contributed by atoms with Gasteiger partial charge in [0.25, 0.3) is 0 Å². The molecule has 6 heteroatoms. The van der Waals surface area contributed by atoms with Crippen LogP contribution in [0.5, 0.6) is 0 Å². The number of halogens is 1. The van der Waals surface area contributed by atoms with E-state index >= 15 is 0 Å². The van der Waals surface area contributed by atoms with Crippen LogP contribution in [0.4, 0.5) is 10.5 Å². The molecule has 0 heterocycles. The number of rotatable bonds is 4. The predicted molar refractivity (Wildman–Crippen MR) is 69.9 cm³/mol. The van der Waals surface area contributed by atoms with E-state index in [4.69, 9.17) is 0 Å². The second kappa shape index (κ2) is 6.39. The smallest absolute Gasteiger partial charge is 0.319 e. The normalized spacial score (nSPS) is 12.0. The van der Waals surface area contributed by atoms with Crippen LogP contribution in [-0.2, 0) is 4.79 Å². The van der Waals surface area contributed by atoms with Gasteiger partial charge in [-0.3, -0.25) is 0 Å². The average Bonchev–Trinajstić information content (AvgIpc) is 2.25. The number of urea groups is 1. The first kappa shape index (κ1) is 14.5. The van der Waals surface area contributed by atoms with E-state index in [1.165, 1.54) is 0 Å². The summed E-state index contributed by atoms with van der Waals surface area (Å²) in [5, 5.41) is 15.7. The fraction of sp³-hybridized carbons (Fsp3) is 0.333. The summed E-state index contributed by atoms with van der Waals surface area (Å²) in [6.45, 7) is 3.39. The van der Waals surface area contributed by atoms with Crippen molar-refractivity contribution in [1.29, 1.82) is 0 Å². The van der Waals surface area contributed by atoms with Gasteiger partial charge < -0.3 is 20.5 Å². The molecule has 0 saturated heterocycles. The van der Waals surface area contributed by atoms with Crippen molar-refractivity contribution in [3.8, 4) is 0 Å². The molecule has 1 aromatic carbocycles. The van der Waals surface area contributed by atoms with Crippen LogP contribution in [0.3, 0.4) is 0 Å². The summed E-state index contributed by atoms with van der Waals surface area (Å²) in [4.78, 5) is 22.4. The first-order valence-electron chi connectivity index (χ1n) is 5.44. The molecule has 1 aromatic rings. The standard InChI is InChI=1S/C12H15BrN2O3/c1-7(2)10(11(16)17)15-12(18)14-9-5-3-4-8(13)6-9/h3-7,10H,1-2H3,(H,16,17)(H2,14,15,18)/p-1/t10-/m1/s1. The lowest BCUT2D eigenvalue weighted by atomic mass is 10.1. The Balaban J connectivity index is 2.63. The molecule has 0 unspecified atom stereocenters. The van der Waals surface area contributed by atoms with Crippen LogP contribution in [0, 0.1) is 5.92 Å². The Morgan fingerprint density at radius 2 is 2.00 bits per heavy atom. The highest BCUT2D eigenvalue weighted by atomic mass is 79.9. The fourth-order valence-electron chi connectivity index (χ4n) is 1.37. The maximum absolute atomic E-state index is 11.6. The molecule has 0 bridgehead atoms. The predicted octanol–water partition coefficient (Wildman–Crippen LogP) is 1.35. The SMILES string of the molecule is CC(C)[C@@H](NC(=O)Nc1cccc(Br)c1)C(=O)[O-]. The van der Waals surface area contributed by atoms with Crippen molar-refractivity contribution in [3.05, 3.63) is 28.7 Å². The van der Waals surface area contributed by atoms with Gasteiger partial charge in [-0.2, -0.15) is 0 Å². The lowest BCUT2D eigenvalue weighted by Gasteiger charge is -2.23. The molecule has 5 nitrogen and oxygen atoms in total. The van der Waals surface area contributed by atoms with Crippen molar-refractivity contribution < 1.29 is 14.7 Å². The van der Waals surface area contributed by atoms with Crippen molar-refractivity contribution >= 4 is 33.6 Å². The number of hydrogen-bond donors (Lipinski definition) is 2. The van der Waals surface area contributed by atoms with Gasteiger partial charge in [0.2, 0.25) is 0 Å². The Hall–Kier alpha value is -1.56. The number of carboxylic acid groups (broad SMARTS) is 1. The van der Waals surface area contributed by atoms with E-state index in [-0.39, 0.29) is 5.92 Å². The average molecular weight is 314 g/mol. The summed E-state index contributed by atoms with van der Waals surface area (Å²) in [6.07, 6.45) is 0. The molecule has 0 saturated carbocycles. The molecule has 0 aliphatic heterocycles. The number of hydrogen-bond acceptors (Lipinski definition) is 3. The Kier molecular flexibility index (Phi) is 5.15. The maximum Gasteiger partial charge on any atom is 0.319 e. The molecule has 0 radical (unpaired) electrons. The number of carbonyl (C=O) groups excluding carboxylic acids is 2. The number of aliphatic carboxylic acids is 1. The molecule has 0 aliphatic carbocycles. The van der Waals surface area contributed by atoms with Gasteiger partial charge in [0.15, 0.2) is 0 Å². The lowest BCUT2D eigenvalue weighted by Crippen LogP contribution is -2.51. The quantitative estimate of drug-likeness (QED) is 0.880. The zero-order chi connectivity index (χ0) is 13.7. The third kappa shape index (κ3) is 4.37. The summed E-state index contributed by atoms with van der Waals surface area (Å²) in [7, 11) is 0. The summed E-state index contributed by atoms with van der Waals surface area (Å²) >= 11 is 3.27. The van der Waals surface area contributed by atoms with Crippen molar-refractivity contribution in [2.45, 2.75) is 19.9 Å². The van der Waals surface area contributed by atoms with Gasteiger partial charge in [0.1, 0.15) is 0 Å². The molecule has 1 rings (SSSR count). The van der Waals surface area contributed by atoms with Gasteiger partial charge in [-0.1, -0.05) is 35.8 Å². The number of anilines is 1. The monoisotopic (exact) mass is 313 g/mol. The van der Waals surface area contributed by atoms with Crippen LogP contribution in [0.1, 0.15) is 13.8 Å². The van der Waals surface area contributed by atoms with Crippen LogP contribution in [-0.4, -0.2) is 18.0 Å². The van der Waals surface area contributed by atoms with Gasteiger partial charge in [0.05, 0.1) is 12.0 Å². The minimum atomic E-state index is -1.30. The lowest BCUT2D eigenvalue weighted by molar-refractivity contribution is -0.309. The van der Waals surface area contributed by atoms with Gasteiger partial charge in [-0.05, 0) is 24.1 Å². The van der Waals surface area contributed by atoms with E-state index in [1.807, 2.05) is 6.07 Å². The first-order chi connectivity index (χ1) is 8.40. The van der Waals surface area contributed by atoms with E-state index in [0.29, 0.717) is 5.69 Å². The third-order valence-electron chi connectivity index (χ3n) is 2.29. The van der Waals surface area contributed by atoms with Gasteiger partial charge in [-0.25, -0.2) is 4.79 Å². The largest absolute Gasteiger partial charge is 0.548 e. The fourth-order valence-corrected chi connectivity index (χ4v) is 1.77. The number of carboxylic acids is 1. The zero-order valence-electron chi connectivity index (χ0n) is 10.1. The molecular weight excluding hydrogens is 300 g/mol. The van der Waals surface area contributed by atoms with E-state index in [2.05, 4.69) is 26.6 Å². The number of carbonyl (C=O) groups is 2. The topological polar surface area (TPSA) is 81.3 Å². The van der Waals surface area contributed by atoms with Gasteiger partial charge >= 0.3 is 6.03 Å². The Labute approximate surface area is 114 Å². The third-order valence-corrected chi connectivity index (χ3v) is 2.78. The van der Waals surface area contributed by atoms with Gasteiger partial charge in [0, 0.05) is 10.2 Å². The zero-order valence-corrected chi connectivity index (χ0v) is 11.7. The molecular formula is C12H14BrN2O3-. The van der Waals surface area contributed by atoms with Crippen molar-refractivity contribution in [2.75, 3.05) is 5.32 Å². The van der Waals surface area contributed by atoms with E-state index in [1.54, 1.807) is 32.0 Å². The Morgan fingerprint density at radius 1 is 1.33 bits per heavy atom. The second-order valence-corrected chi connectivity index (χ2v) is 5.07. The molecule has 98 valence electrons. The van der Waals surface area contributed by atoms with Crippen molar-refractivity contribution in [1.82, 2.24) is 5.32 Å². The minimum absolute atomic E-state index is 0.247. The molecule has 2 N–H and O–H groups in total. The van der Waals surface area contributed by atoms with Crippen LogP contribution in [0.25, 0.3) is 0 Å². The first-order valence-corrected chi connectivity index (χ1v) is 6.23. The van der Waals surface area contributed by atoms with Crippen molar-refractivity contribution in [2.24, 2.45) is 5.92 Å². The molecule has 0 aliphatic rings. The highest BCUT2D eigenvalue weighted by Crippen LogP contribution is 2.15. The summed E-state index contributed by atoms with van der Waals surface area (Å²) in [5.41, 5.74) is 0.572. The van der Waals surface area contributed by atoms with Crippen LogP contribution >= 0.6 is 15.9 Å². The second-order valence-electron chi connectivity index (χ2n) is 4.15.